The van der Waals surface area contributed by atoms with E-state index in [1.54, 1.807) is 0 Å². The van der Waals surface area contributed by atoms with Crippen LogP contribution in [-0.4, -0.2) is 46.5 Å². The topological polar surface area (TPSA) is 58.6 Å². The van der Waals surface area contributed by atoms with Gasteiger partial charge in [-0.25, -0.2) is 9.97 Å². The third-order valence-electron chi connectivity index (χ3n) is 5.19. The Kier molecular flexibility index (Phi) is 7.31. The number of aromatic nitrogens is 2. The molecule has 0 radical (unpaired) electrons. The van der Waals surface area contributed by atoms with E-state index in [4.69, 9.17) is 16.3 Å². The first kappa shape index (κ1) is 21.4. The number of amides is 1. The smallest absolute Gasteiger partial charge is 0.224 e. The summed E-state index contributed by atoms with van der Waals surface area (Å²) in [6.45, 7) is 8.41. The Morgan fingerprint density at radius 3 is 2.83 bits per heavy atom. The molecule has 2 heterocycles. The van der Waals surface area contributed by atoms with E-state index in [2.05, 4.69) is 28.7 Å². The summed E-state index contributed by atoms with van der Waals surface area (Å²) in [4.78, 5) is 25.3. The number of halogens is 1. The minimum atomic E-state index is 0.142. The van der Waals surface area contributed by atoms with Gasteiger partial charge in [0.05, 0.1) is 5.02 Å². The Balaban J connectivity index is 1.64. The van der Waals surface area contributed by atoms with Crippen molar-refractivity contribution in [2.45, 2.75) is 52.5 Å². The largest absolute Gasteiger partial charge is 0.437 e. The Labute approximate surface area is 177 Å². The SMILES string of the molecule is CCCCCC(=O)N1CCN(c2cc(Oc3cc(C)ccc3Cl)ncn2)C[C@H]1C. The van der Waals surface area contributed by atoms with E-state index < -0.39 is 0 Å². The Bertz CT molecular complexity index is 845. The van der Waals surface area contributed by atoms with Crippen molar-refractivity contribution < 1.29 is 9.53 Å². The van der Waals surface area contributed by atoms with E-state index in [0.29, 0.717) is 29.6 Å². The van der Waals surface area contributed by atoms with Gasteiger partial charge in [-0.15, -0.1) is 0 Å². The minimum absolute atomic E-state index is 0.142. The van der Waals surface area contributed by atoms with Crippen LogP contribution in [-0.2, 0) is 4.79 Å². The summed E-state index contributed by atoms with van der Waals surface area (Å²) in [5.41, 5.74) is 1.06. The Morgan fingerprint density at radius 2 is 2.07 bits per heavy atom. The average molecular weight is 417 g/mol. The molecule has 0 bridgehead atoms. The van der Waals surface area contributed by atoms with Crippen LogP contribution in [0.15, 0.2) is 30.6 Å². The summed E-state index contributed by atoms with van der Waals surface area (Å²) in [5.74, 6) is 2.08. The molecule has 1 aromatic carbocycles. The molecule has 1 aliphatic rings. The first-order valence-corrected chi connectivity index (χ1v) is 10.7. The fourth-order valence-electron chi connectivity index (χ4n) is 3.57. The predicted molar refractivity (Wildman–Crippen MR) is 116 cm³/mol. The molecular formula is C22H29ClN4O2. The molecule has 2 aromatic rings. The van der Waals surface area contributed by atoms with Gasteiger partial charge >= 0.3 is 0 Å². The van der Waals surface area contributed by atoms with Crippen LogP contribution >= 0.6 is 11.6 Å². The first-order chi connectivity index (χ1) is 14.0. The van der Waals surface area contributed by atoms with Crippen molar-refractivity contribution in [1.82, 2.24) is 14.9 Å². The van der Waals surface area contributed by atoms with Crippen LogP contribution < -0.4 is 9.64 Å². The molecule has 3 rings (SSSR count). The van der Waals surface area contributed by atoms with Gasteiger partial charge in [-0.05, 0) is 38.0 Å². The number of hydrogen-bond acceptors (Lipinski definition) is 5. The summed E-state index contributed by atoms with van der Waals surface area (Å²) >= 11 is 6.23. The van der Waals surface area contributed by atoms with Crippen molar-refractivity contribution in [3.05, 3.63) is 41.2 Å². The second kappa shape index (κ2) is 9.92. The number of carbonyl (C=O) groups is 1. The van der Waals surface area contributed by atoms with Gasteiger partial charge in [0.1, 0.15) is 17.9 Å². The third-order valence-corrected chi connectivity index (χ3v) is 5.51. The standard InChI is InChI=1S/C22H29ClN4O2/c1-4-5-6-7-22(28)27-11-10-26(14-17(27)3)20-13-21(25-15-24-20)29-19-12-16(2)8-9-18(19)23/h8-9,12-13,15,17H,4-7,10-11,14H2,1-3H3/t17-/m1/s1. The van der Waals surface area contributed by atoms with Crippen LogP contribution in [0.1, 0.15) is 45.1 Å². The number of nitrogens with zero attached hydrogens (tertiary/aromatic N) is 4. The zero-order valence-corrected chi connectivity index (χ0v) is 18.2. The number of rotatable bonds is 7. The zero-order chi connectivity index (χ0) is 20.8. The fraction of sp³-hybridized carbons (Fsp3) is 0.500. The van der Waals surface area contributed by atoms with E-state index >= 15 is 0 Å². The van der Waals surface area contributed by atoms with Crippen LogP contribution in [0.25, 0.3) is 0 Å². The minimum Gasteiger partial charge on any atom is -0.437 e. The summed E-state index contributed by atoms with van der Waals surface area (Å²) in [6, 6.07) is 7.60. The van der Waals surface area contributed by atoms with Crippen molar-refractivity contribution in [2.24, 2.45) is 0 Å². The van der Waals surface area contributed by atoms with Crippen LogP contribution in [0.5, 0.6) is 11.6 Å². The summed E-state index contributed by atoms with van der Waals surface area (Å²) in [6.07, 6.45) is 5.34. The molecule has 0 N–H and O–H groups in total. The second-order valence-electron chi connectivity index (χ2n) is 7.59. The maximum absolute atomic E-state index is 12.5. The summed E-state index contributed by atoms with van der Waals surface area (Å²) in [5, 5.41) is 0.541. The lowest BCUT2D eigenvalue weighted by atomic mass is 10.1. The number of anilines is 1. The van der Waals surface area contributed by atoms with Gasteiger partial charge < -0.3 is 14.5 Å². The van der Waals surface area contributed by atoms with E-state index in [9.17, 15) is 4.79 Å². The molecule has 6 nitrogen and oxygen atoms in total. The van der Waals surface area contributed by atoms with Gasteiger partial charge in [0.2, 0.25) is 11.8 Å². The highest BCUT2D eigenvalue weighted by Crippen LogP contribution is 2.30. The molecule has 1 atom stereocenters. The van der Waals surface area contributed by atoms with Gasteiger partial charge in [-0.1, -0.05) is 37.4 Å². The van der Waals surface area contributed by atoms with E-state index in [1.165, 1.54) is 6.33 Å². The van der Waals surface area contributed by atoms with Gasteiger partial charge in [0.25, 0.3) is 0 Å². The molecule has 7 heteroatoms. The Morgan fingerprint density at radius 1 is 1.24 bits per heavy atom. The third kappa shape index (κ3) is 5.60. The molecule has 1 aromatic heterocycles. The number of unbranched alkanes of at least 4 members (excludes halogenated alkanes) is 2. The molecule has 1 saturated heterocycles. The number of aryl methyl sites for hydroxylation is 1. The van der Waals surface area contributed by atoms with Crippen molar-refractivity contribution in [2.75, 3.05) is 24.5 Å². The normalized spacial score (nSPS) is 16.8. The molecule has 0 spiro atoms. The van der Waals surface area contributed by atoms with Crippen molar-refractivity contribution >= 4 is 23.3 Å². The molecule has 1 aliphatic heterocycles. The highest BCUT2D eigenvalue weighted by Gasteiger charge is 2.27. The molecule has 0 saturated carbocycles. The molecule has 156 valence electrons. The van der Waals surface area contributed by atoms with Crippen LogP contribution in [0, 0.1) is 6.92 Å². The van der Waals surface area contributed by atoms with Gasteiger partial charge in [-0.2, -0.15) is 0 Å². The van der Waals surface area contributed by atoms with E-state index in [0.717, 1.165) is 43.7 Å². The number of carbonyl (C=O) groups excluding carboxylic acids is 1. The molecular weight excluding hydrogens is 388 g/mol. The zero-order valence-electron chi connectivity index (χ0n) is 17.4. The van der Waals surface area contributed by atoms with E-state index in [1.807, 2.05) is 36.1 Å². The monoisotopic (exact) mass is 416 g/mol. The average Bonchev–Trinajstić information content (AvgIpc) is 2.71. The highest BCUT2D eigenvalue weighted by atomic mass is 35.5. The second-order valence-corrected chi connectivity index (χ2v) is 8.00. The van der Waals surface area contributed by atoms with Gasteiger partial charge in [0, 0.05) is 38.2 Å². The lowest BCUT2D eigenvalue weighted by Gasteiger charge is -2.40. The van der Waals surface area contributed by atoms with E-state index in [-0.39, 0.29) is 11.9 Å². The maximum atomic E-state index is 12.5. The van der Waals surface area contributed by atoms with Gasteiger partial charge in [-0.3, -0.25) is 4.79 Å². The highest BCUT2D eigenvalue weighted by molar-refractivity contribution is 6.32. The van der Waals surface area contributed by atoms with Crippen molar-refractivity contribution in [1.29, 1.82) is 0 Å². The van der Waals surface area contributed by atoms with Gasteiger partial charge in [0.15, 0.2) is 0 Å². The quantitative estimate of drug-likeness (QED) is 0.604. The van der Waals surface area contributed by atoms with Crippen molar-refractivity contribution in [3.8, 4) is 11.6 Å². The van der Waals surface area contributed by atoms with Crippen LogP contribution in [0.2, 0.25) is 5.02 Å². The van der Waals surface area contributed by atoms with Crippen molar-refractivity contribution in [3.63, 3.8) is 0 Å². The fourth-order valence-corrected chi connectivity index (χ4v) is 3.72. The van der Waals surface area contributed by atoms with Crippen LogP contribution in [0.4, 0.5) is 5.82 Å². The lowest BCUT2D eigenvalue weighted by molar-refractivity contribution is -0.133. The molecule has 0 unspecified atom stereocenters. The number of piperazine rings is 1. The number of ether oxygens (including phenoxy) is 1. The number of benzene rings is 1. The maximum Gasteiger partial charge on any atom is 0.224 e. The first-order valence-electron chi connectivity index (χ1n) is 10.3. The molecule has 1 fully saturated rings. The van der Waals surface area contributed by atoms with Crippen LogP contribution in [0.3, 0.4) is 0 Å². The summed E-state index contributed by atoms with van der Waals surface area (Å²) < 4.78 is 5.89. The summed E-state index contributed by atoms with van der Waals surface area (Å²) in [7, 11) is 0. The lowest BCUT2D eigenvalue weighted by Crippen LogP contribution is -2.54. The molecule has 29 heavy (non-hydrogen) atoms. The molecule has 1 amide bonds. The predicted octanol–water partition coefficient (Wildman–Crippen LogP) is 4.85. The number of hydrogen-bond donors (Lipinski definition) is 0. The Hall–Kier alpha value is -2.34. The molecule has 0 aliphatic carbocycles.